The number of carbonyl (C=O) groups is 2. The monoisotopic (exact) mass is 562 g/mol. The normalized spacial score (nSPS) is 17.5. The van der Waals surface area contributed by atoms with E-state index in [2.05, 4.69) is 10.0 Å². The Labute approximate surface area is 238 Å². The Morgan fingerprint density at radius 2 is 1.73 bits per heavy atom. The fourth-order valence-electron chi connectivity index (χ4n) is 5.03. The summed E-state index contributed by atoms with van der Waals surface area (Å²) in [7, 11) is 0. The zero-order valence-electron chi connectivity index (χ0n) is 22.4. The van der Waals surface area contributed by atoms with Crippen LogP contribution in [0.4, 0.5) is 4.39 Å². The van der Waals surface area contributed by atoms with Crippen molar-refractivity contribution in [2.24, 2.45) is 5.10 Å². The molecule has 0 aromatic heterocycles. The first kappa shape index (κ1) is 28.0. The van der Waals surface area contributed by atoms with Crippen LogP contribution in [-0.4, -0.2) is 78.3 Å². The van der Waals surface area contributed by atoms with Crippen molar-refractivity contribution in [1.29, 1.82) is 0 Å². The third kappa shape index (κ3) is 6.41. The van der Waals surface area contributed by atoms with E-state index in [1.54, 1.807) is 42.5 Å². The molecular weight excluding hydrogens is 531 g/mol. The molecule has 0 N–H and O–H groups in total. The number of hydrogen-bond donors (Lipinski definition) is 0. The molecule has 5 rings (SSSR count). The Kier molecular flexibility index (Phi) is 8.89. The molecule has 0 aliphatic carbocycles. The van der Waals surface area contributed by atoms with Crippen molar-refractivity contribution >= 4 is 29.1 Å². The van der Waals surface area contributed by atoms with Crippen molar-refractivity contribution in [2.45, 2.75) is 19.4 Å². The van der Waals surface area contributed by atoms with E-state index in [1.807, 2.05) is 31.2 Å². The molecule has 1 saturated heterocycles. The number of morpholine rings is 1. The minimum atomic E-state index is -0.417. The molecule has 208 valence electrons. The first-order chi connectivity index (χ1) is 19.4. The van der Waals surface area contributed by atoms with E-state index in [0.29, 0.717) is 54.6 Å². The Balaban J connectivity index is 1.43. The van der Waals surface area contributed by atoms with E-state index >= 15 is 0 Å². The summed E-state index contributed by atoms with van der Waals surface area (Å²) in [5.74, 6) is -1.06. The summed E-state index contributed by atoms with van der Waals surface area (Å²) in [4.78, 5) is 31.3. The predicted molar refractivity (Wildman–Crippen MR) is 153 cm³/mol. The Morgan fingerprint density at radius 1 is 1.02 bits per heavy atom. The van der Waals surface area contributed by atoms with Crippen LogP contribution in [0.3, 0.4) is 0 Å². The lowest BCUT2D eigenvalue weighted by atomic mass is 9.97. The number of carbonyl (C=O) groups excluding carboxylic acids is 2. The minimum Gasteiger partial charge on any atom is -0.379 e. The molecular formula is C31H32ClFN4O3. The smallest absolute Gasteiger partial charge is 0.262 e. The van der Waals surface area contributed by atoms with Crippen molar-refractivity contribution in [1.82, 2.24) is 14.8 Å². The van der Waals surface area contributed by atoms with Crippen molar-refractivity contribution < 1.29 is 18.7 Å². The first-order valence-corrected chi connectivity index (χ1v) is 13.8. The zero-order chi connectivity index (χ0) is 28.1. The van der Waals surface area contributed by atoms with E-state index in [9.17, 15) is 14.0 Å². The van der Waals surface area contributed by atoms with Gasteiger partial charge >= 0.3 is 0 Å². The standard InChI is InChI=1S/C31H32ClFN4O3/c1-22-10-12-23(13-11-22)29-20-28(25-7-3-5-9-27(25)33)34-37(29)30(38)21-36(15-14-35-16-18-40-19-17-35)31(39)24-6-2-4-8-26(24)32/h2-13,29H,14-21H2,1H3/t29-/m1/s1. The van der Waals surface area contributed by atoms with E-state index in [1.165, 1.54) is 16.0 Å². The number of halogens is 2. The fourth-order valence-corrected chi connectivity index (χ4v) is 5.24. The maximum absolute atomic E-state index is 14.7. The largest absolute Gasteiger partial charge is 0.379 e. The Morgan fingerprint density at radius 3 is 2.45 bits per heavy atom. The lowest BCUT2D eigenvalue weighted by Gasteiger charge is -2.31. The molecule has 0 unspecified atom stereocenters. The highest BCUT2D eigenvalue weighted by Crippen LogP contribution is 2.34. The highest BCUT2D eigenvalue weighted by atomic mass is 35.5. The van der Waals surface area contributed by atoms with E-state index in [4.69, 9.17) is 16.3 Å². The maximum Gasteiger partial charge on any atom is 0.262 e. The molecule has 2 aliphatic rings. The van der Waals surface area contributed by atoms with E-state index in [-0.39, 0.29) is 24.2 Å². The molecule has 9 heteroatoms. The summed E-state index contributed by atoms with van der Waals surface area (Å²) in [6.07, 6.45) is 0.363. The van der Waals surface area contributed by atoms with Gasteiger partial charge in [0, 0.05) is 38.2 Å². The van der Waals surface area contributed by atoms with Gasteiger partial charge in [-0.1, -0.05) is 71.8 Å². The van der Waals surface area contributed by atoms with E-state index in [0.717, 1.165) is 24.2 Å². The predicted octanol–water partition coefficient (Wildman–Crippen LogP) is 4.94. The minimum absolute atomic E-state index is 0.190. The molecule has 2 heterocycles. The fraction of sp³-hybridized carbons (Fsp3) is 0.323. The number of aryl methyl sites for hydroxylation is 1. The van der Waals surface area contributed by atoms with Gasteiger partial charge in [-0.05, 0) is 30.7 Å². The molecule has 2 aliphatic heterocycles. The van der Waals surface area contributed by atoms with Gasteiger partial charge in [-0.3, -0.25) is 14.5 Å². The van der Waals surface area contributed by atoms with Crippen LogP contribution in [0.1, 0.15) is 39.5 Å². The summed E-state index contributed by atoms with van der Waals surface area (Å²) >= 11 is 6.37. The average molecular weight is 563 g/mol. The van der Waals surface area contributed by atoms with Crippen LogP contribution in [0, 0.1) is 12.7 Å². The number of amides is 2. The molecule has 2 amide bonds. The molecule has 0 spiro atoms. The third-order valence-corrected chi connectivity index (χ3v) is 7.65. The van der Waals surface area contributed by atoms with Crippen LogP contribution in [0.15, 0.2) is 77.9 Å². The summed E-state index contributed by atoms with van der Waals surface area (Å²) in [6.45, 7) is 5.54. The van der Waals surface area contributed by atoms with Gasteiger partial charge in [0.25, 0.3) is 11.8 Å². The quantitative estimate of drug-likeness (QED) is 0.390. The molecule has 0 bridgehead atoms. The van der Waals surface area contributed by atoms with Crippen molar-refractivity contribution in [3.63, 3.8) is 0 Å². The van der Waals surface area contributed by atoms with Gasteiger partial charge in [0.1, 0.15) is 12.4 Å². The topological polar surface area (TPSA) is 65.5 Å². The number of hydrazone groups is 1. The maximum atomic E-state index is 14.7. The van der Waals surface area contributed by atoms with E-state index < -0.39 is 6.04 Å². The first-order valence-electron chi connectivity index (χ1n) is 13.5. The molecule has 0 radical (unpaired) electrons. The molecule has 1 fully saturated rings. The highest BCUT2D eigenvalue weighted by molar-refractivity contribution is 6.33. The number of ether oxygens (including phenoxy) is 1. The van der Waals surface area contributed by atoms with Crippen molar-refractivity contribution in [3.05, 3.63) is 106 Å². The second kappa shape index (κ2) is 12.7. The van der Waals surface area contributed by atoms with Gasteiger partial charge < -0.3 is 9.64 Å². The lowest BCUT2D eigenvalue weighted by Crippen LogP contribution is -2.46. The van der Waals surface area contributed by atoms with Crippen molar-refractivity contribution in [3.8, 4) is 0 Å². The third-order valence-electron chi connectivity index (χ3n) is 7.32. The van der Waals surface area contributed by atoms with Crippen LogP contribution >= 0.6 is 11.6 Å². The molecule has 3 aromatic rings. The number of benzene rings is 3. The lowest BCUT2D eigenvalue weighted by molar-refractivity contribution is -0.133. The van der Waals surface area contributed by atoms with Gasteiger partial charge in [-0.2, -0.15) is 5.10 Å². The average Bonchev–Trinajstić information content (AvgIpc) is 3.42. The molecule has 0 saturated carbocycles. The van der Waals surface area contributed by atoms with Gasteiger partial charge in [0.15, 0.2) is 0 Å². The van der Waals surface area contributed by atoms with Crippen LogP contribution in [0.25, 0.3) is 0 Å². The molecule has 7 nitrogen and oxygen atoms in total. The highest BCUT2D eigenvalue weighted by Gasteiger charge is 2.35. The van der Waals surface area contributed by atoms with Gasteiger partial charge in [-0.25, -0.2) is 9.40 Å². The SMILES string of the molecule is Cc1ccc([C@H]2CC(c3ccccc3F)=NN2C(=O)CN(CCN2CCOCC2)C(=O)c2ccccc2Cl)cc1. The van der Waals surface area contributed by atoms with Crippen molar-refractivity contribution in [2.75, 3.05) is 45.9 Å². The second-order valence-corrected chi connectivity index (χ2v) is 10.5. The number of nitrogens with zero attached hydrogens (tertiary/aromatic N) is 4. The summed E-state index contributed by atoms with van der Waals surface area (Å²) in [5.41, 5.74) is 3.19. The molecule has 1 atom stereocenters. The van der Waals surface area contributed by atoms with Gasteiger partial charge in [0.05, 0.1) is 35.6 Å². The Bertz CT molecular complexity index is 1390. The Hall–Kier alpha value is -3.59. The zero-order valence-corrected chi connectivity index (χ0v) is 23.2. The summed E-state index contributed by atoms with van der Waals surface area (Å²) in [5, 5.41) is 6.36. The van der Waals surface area contributed by atoms with Crippen LogP contribution < -0.4 is 0 Å². The number of rotatable bonds is 8. The summed E-state index contributed by atoms with van der Waals surface area (Å²) in [6, 6.07) is 20.7. The van der Waals surface area contributed by atoms with Crippen LogP contribution in [0.5, 0.6) is 0 Å². The van der Waals surface area contributed by atoms with Gasteiger partial charge in [-0.15, -0.1) is 0 Å². The second-order valence-electron chi connectivity index (χ2n) is 10.1. The van der Waals surface area contributed by atoms with Crippen LogP contribution in [-0.2, 0) is 9.53 Å². The number of hydrogen-bond acceptors (Lipinski definition) is 5. The summed E-state index contributed by atoms with van der Waals surface area (Å²) < 4.78 is 20.2. The molecule has 3 aromatic carbocycles. The van der Waals surface area contributed by atoms with Crippen LogP contribution in [0.2, 0.25) is 5.02 Å². The molecule has 40 heavy (non-hydrogen) atoms. The van der Waals surface area contributed by atoms with Gasteiger partial charge in [0.2, 0.25) is 0 Å².